The van der Waals surface area contributed by atoms with Gasteiger partial charge < -0.3 is 15.1 Å². The minimum Gasteiger partial charge on any atom is -0.380 e. The number of nitro groups is 1. The predicted molar refractivity (Wildman–Crippen MR) is 112 cm³/mol. The molecule has 29 heavy (non-hydrogen) atoms. The maximum absolute atomic E-state index is 12.1. The molecule has 0 unspecified atom stereocenters. The second-order valence-corrected chi connectivity index (χ2v) is 8.99. The summed E-state index contributed by atoms with van der Waals surface area (Å²) in [7, 11) is -3.62. The van der Waals surface area contributed by atoms with E-state index in [2.05, 4.69) is 27.0 Å². The summed E-state index contributed by atoms with van der Waals surface area (Å²) in [5.74, 6) is 0.895. The minimum atomic E-state index is -3.62. The van der Waals surface area contributed by atoms with E-state index in [1.54, 1.807) is 6.20 Å². The highest BCUT2D eigenvalue weighted by atomic mass is 32.2. The average Bonchev–Trinajstić information content (AvgIpc) is 2.71. The fourth-order valence-corrected chi connectivity index (χ4v) is 4.19. The highest BCUT2D eigenvalue weighted by molar-refractivity contribution is 7.90. The summed E-state index contributed by atoms with van der Waals surface area (Å²) in [5.41, 5.74) is 1.03. The van der Waals surface area contributed by atoms with Gasteiger partial charge in [0, 0.05) is 57.3 Å². The second kappa shape index (κ2) is 8.75. The third-order valence-electron chi connectivity index (χ3n) is 5.01. The number of piperazine rings is 1. The standard InChI is InChI=1S/C19H25N5O4S/c1-3-22-8-10-23(11-9-22)19-12-15(6-7-20-19)14-21-17-5-4-16(24(25)26)13-18(17)29(2,27)28/h4-7,12-13,21H,3,8-11,14H2,1-2H3. The molecule has 156 valence electrons. The first-order valence-electron chi connectivity index (χ1n) is 9.42. The zero-order valence-corrected chi connectivity index (χ0v) is 17.4. The molecule has 2 aromatic rings. The molecule has 2 heterocycles. The van der Waals surface area contributed by atoms with E-state index in [0.717, 1.165) is 56.4 Å². The lowest BCUT2D eigenvalue weighted by atomic mass is 10.2. The minimum absolute atomic E-state index is 0.0864. The zero-order valence-electron chi connectivity index (χ0n) is 16.5. The van der Waals surface area contributed by atoms with Crippen molar-refractivity contribution < 1.29 is 13.3 Å². The molecule has 0 atom stereocenters. The smallest absolute Gasteiger partial charge is 0.270 e. The van der Waals surface area contributed by atoms with E-state index in [1.807, 2.05) is 12.1 Å². The molecule has 9 nitrogen and oxygen atoms in total. The molecule has 1 aliphatic heterocycles. The lowest BCUT2D eigenvalue weighted by molar-refractivity contribution is -0.385. The van der Waals surface area contributed by atoms with Gasteiger partial charge in [0.05, 0.1) is 15.5 Å². The third kappa shape index (κ3) is 5.21. The summed E-state index contributed by atoms with van der Waals surface area (Å²) < 4.78 is 24.1. The van der Waals surface area contributed by atoms with E-state index in [4.69, 9.17) is 0 Å². The molecule has 1 aliphatic rings. The van der Waals surface area contributed by atoms with Gasteiger partial charge in [0.15, 0.2) is 9.84 Å². The Bertz CT molecular complexity index is 988. The molecule has 10 heteroatoms. The number of pyridine rings is 1. The molecule has 3 rings (SSSR count). The fraction of sp³-hybridized carbons (Fsp3) is 0.421. The molecule has 1 saturated heterocycles. The van der Waals surface area contributed by atoms with Gasteiger partial charge in [0.25, 0.3) is 5.69 Å². The van der Waals surface area contributed by atoms with Crippen LogP contribution < -0.4 is 10.2 Å². The number of hydrogen-bond acceptors (Lipinski definition) is 8. The summed E-state index contributed by atoms with van der Waals surface area (Å²) in [5, 5.41) is 14.1. The fourth-order valence-electron chi connectivity index (χ4n) is 3.31. The molecule has 0 amide bonds. The number of nitro benzene ring substituents is 1. The van der Waals surface area contributed by atoms with Crippen LogP contribution in [0.3, 0.4) is 0 Å². The number of likely N-dealkylation sites (N-methyl/N-ethyl adjacent to an activating group) is 1. The van der Waals surface area contributed by atoms with Crippen molar-refractivity contribution in [1.29, 1.82) is 0 Å². The molecule has 0 spiro atoms. The third-order valence-corrected chi connectivity index (χ3v) is 6.15. The molecule has 1 aromatic carbocycles. The van der Waals surface area contributed by atoms with E-state index < -0.39 is 14.8 Å². The number of nitrogens with zero attached hydrogens (tertiary/aromatic N) is 4. The Hall–Kier alpha value is -2.72. The second-order valence-electron chi connectivity index (χ2n) is 7.01. The van der Waals surface area contributed by atoms with E-state index in [1.165, 1.54) is 12.1 Å². The van der Waals surface area contributed by atoms with Gasteiger partial charge in [-0.25, -0.2) is 13.4 Å². The molecular weight excluding hydrogens is 394 g/mol. The van der Waals surface area contributed by atoms with Crippen molar-refractivity contribution in [3.8, 4) is 0 Å². The van der Waals surface area contributed by atoms with Crippen LogP contribution in [-0.2, 0) is 16.4 Å². The van der Waals surface area contributed by atoms with Crippen LogP contribution in [0.25, 0.3) is 0 Å². The van der Waals surface area contributed by atoms with Crippen molar-refractivity contribution in [2.45, 2.75) is 18.4 Å². The van der Waals surface area contributed by atoms with Gasteiger partial charge >= 0.3 is 0 Å². The maximum atomic E-state index is 12.1. The van der Waals surface area contributed by atoms with Crippen LogP contribution >= 0.6 is 0 Å². The van der Waals surface area contributed by atoms with Crippen molar-refractivity contribution in [2.24, 2.45) is 0 Å². The summed E-state index contributed by atoms with van der Waals surface area (Å²) in [6.07, 6.45) is 2.78. The molecule has 0 radical (unpaired) electrons. The van der Waals surface area contributed by atoms with Gasteiger partial charge in [-0.05, 0) is 30.3 Å². The number of benzene rings is 1. The van der Waals surface area contributed by atoms with Gasteiger partial charge in [-0.3, -0.25) is 10.1 Å². The Morgan fingerprint density at radius 1 is 1.17 bits per heavy atom. The van der Waals surface area contributed by atoms with Crippen molar-refractivity contribution in [3.05, 3.63) is 52.2 Å². The normalized spacial score (nSPS) is 15.3. The molecule has 0 aliphatic carbocycles. The highest BCUT2D eigenvalue weighted by Crippen LogP contribution is 2.27. The number of sulfone groups is 1. The lowest BCUT2D eigenvalue weighted by Gasteiger charge is -2.34. The Labute approximate surface area is 170 Å². The first-order valence-corrected chi connectivity index (χ1v) is 11.3. The van der Waals surface area contributed by atoms with Crippen LogP contribution in [0, 0.1) is 10.1 Å². The summed E-state index contributed by atoms with van der Waals surface area (Å²) in [4.78, 5) is 19.4. The maximum Gasteiger partial charge on any atom is 0.270 e. The molecule has 0 bridgehead atoms. The quantitative estimate of drug-likeness (QED) is 0.537. The van der Waals surface area contributed by atoms with E-state index in [-0.39, 0.29) is 10.6 Å². The van der Waals surface area contributed by atoms with Crippen molar-refractivity contribution in [3.63, 3.8) is 0 Å². The largest absolute Gasteiger partial charge is 0.380 e. The SMILES string of the molecule is CCN1CCN(c2cc(CNc3ccc([N+](=O)[O-])cc3S(C)(=O)=O)ccn2)CC1. The zero-order chi connectivity index (χ0) is 21.0. The number of nitrogens with one attached hydrogen (secondary N) is 1. The van der Waals surface area contributed by atoms with Crippen LogP contribution in [0.5, 0.6) is 0 Å². The first kappa shape index (κ1) is 21.0. The van der Waals surface area contributed by atoms with E-state index in [0.29, 0.717) is 12.2 Å². The number of hydrogen-bond donors (Lipinski definition) is 1. The van der Waals surface area contributed by atoms with Gasteiger partial charge in [0.1, 0.15) is 5.82 Å². The number of rotatable bonds is 7. The van der Waals surface area contributed by atoms with Crippen molar-refractivity contribution in [2.75, 3.05) is 49.2 Å². The Balaban J connectivity index is 1.74. The Morgan fingerprint density at radius 2 is 1.90 bits per heavy atom. The lowest BCUT2D eigenvalue weighted by Crippen LogP contribution is -2.46. The average molecular weight is 420 g/mol. The monoisotopic (exact) mass is 419 g/mol. The van der Waals surface area contributed by atoms with Gasteiger partial charge in [0.2, 0.25) is 0 Å². The number of aromatic nitrogens is 1. The summed E-state index contributed by atoms with van der Waals surface area (Å²) >= 11 is 0. The van der Waals surface area contributed by atoms with Crippen LogP contribution in [0.15, 0.2) is 41.4 Å². The number of non-ortho nitro benzene ring substituents is 1. The molecule has 0 saturated carbocycles. The van der Waals surface area contributed by atoms with Crippen molar-refractivity contribution >= 4 is 27.0 Å². The molecule has 1 fully saturated rings. The predicted octanol–water partition coefficient (Wildman–Crippen LogP) is 2.15. The molecule has 1 N–H and O–H groups in total. The number of anilines is 2. The van der Waals surface area contributed by atoms with Crippen LogP contribution in [0.2, 0.25) is 0 Å². The Kier molecular flexibility index (Phi) is 6.33. The van der Waals surface area contributed by atoms with E-state index in [9.17, 15) is 18.5 Å². The Morgan fingerprint density at radius 3 is 2.52 bits per heavy atom. The molecule has 1 aromatic heterocycles. The van der Waals surface area contributed by atoms with Crippen LogP contribution in [0.1, 0.15) is 12.5 Å². The van der Waals surface area contributed by atoms with Crippen LogP contribution in [-0.4, -0.2) is 62.2 Å². The van der Waals surface area contributed by atoms with Gasteiger partial charge in [-0.1, -0.05) is 6.92 Å². The topological polar surface area (TPSA) is 109 Å². The summed E-state index contributed by atoms with van der Waals surface area (Å²) in [6, 6.07) is 7.66. The van der Waals surface area contributed by atoms with E-state index >= 15 is 0 Å². The first-order chi connectivity index (χ1) is 13.8. The van der Waals surface area contributed by atoms with Gasteiger partial charge in [-0.15, -0.1) is 0 Å². The van der Waals surface area contributed by atoms with Gasteiger partial charge in [-0.2, -0.15) is 0 Å². The van der Waals surface area contributed by atoms with Crippen LogP contribution in [0.4, 0.5) is 17.2 Å². The highest BCUT2D eigenvalue weighted by Gasteiger charge is 2.19. The summed E-state index contributed by atoms with van der Waals surface area (Å²) in [6.45, 7) is 7.41. The van der Waals surface area contributed by atoms with Crippen molar-refractivity contribution in [1.82, 2.24) is 9.88 Å². The molecular formula is C19H25N5O4S.